The van der Waals surface area contributed by atoms with Crippen LogP contribution in [-0.2, 0) is 0 Å². The Morgan fingerprint density at radius 1 is 1.03 bits per heavy atom. The molecule has 2 heterocycles. The number of benzene rings is 2. The number of rotatable bonds is 6. The largest absolute Gasteiger partial charge is 0.497 e. The number of anilines is 1. The highest BCUT2D eigenvalue weighted by atomic mass is 35.5. The third-order valence-corrected chi connectivity index (χ3v) is 4.79. The van der Waals surface area contributed by atoms with Gasteiger partial charge in [0.1, 0.15) is 11.6 Å². The predicted octanol–water partition coefficient (Wildman–Crippen LogP) is 5.63. The SMILES string of the molecule is COc1ccc(-c2noc(-c3cccnc3N[C@H](C)c3ccc(Cl)cc3)n2)cc1. The molecule has 0 saturated carbocycles. The Hall–Kier alpha value is -3.38. The molecule has 1 atom stereocenters. The van der Waals surface area contributed by atoms with Crippen LogP contribution in [-0.4, -0.2) is 22.2 Å². The molecular weight excluding hydrogens is 388 g/mol. The Bertz CT molecular complexity index is 1090. The molecular formula is C22H19ClN4O2. The van der Waals surface area contributed by atoms with E-state index >= 15 is 0 Å². The lowest BCUT2D eigenvalue weighted by molar-refractivity contribution is 0.415. The first kappa shape index (κ1) is 19.0. The molecule has 0 aliphatic carbocycles. The van der Waals surface area contributed by atoms with Gasteiger partial charge in [-0.1, -0.05) is 28.9 Å². The van der Waals surface area contributed by atoms with Crippen LogP contribution in [0.5, 0.6) is 5.75 Å². The predicted molar refractivity (Wildman–Crippen MR) is 113 cm³/mol. The molecule has 6 nitrogen and oxygen atoms in total. The quantitative estimate of drug-likeness (QED) is 0.447. The molecule has 7 heteroatoms. The molecule has 0 bridgehead atoms. The van der Waals surface area contributed by atoms with Crippen molar-refractivity contribution in [1.29, 1.82) is 0 Å². The Balaban J connectivity index is 1.59. The van der Waals surface area contributed by atoms with Crippen LogP contribution in [0.2, 0.25) is 5.02 Å². The Morgan fingerprint density at radius 2 is 1.79 bits per heavy atom. The standard InChI is InChI=1S/C22H19ClN4O2/c1-14(15-5-9-17(23)10-6-15)25-21-19(4-3-13-24-21)22-26-20(27-29-22)16-7-11-18(28-2)12-8-16/h3-14H,1-2H3,(H,24,25)/t14-/m1/s1. The van der Waals surface area contributed by atoms with E-state index < -0.39 is 0 Å². The van der Waals surface area contributed by atoms with Crippen LogP contribution in [0.1, 0.15) is 18.5 Å². The zero-order valence-electron chi connectivity index (χ0n) is 16.0. The van der Waals surface area contributed by atoms with E-state index in [0.29, 0.717) is 22.6 Å². The summed E-state index contributed by atoms with van der Waals surface area (Å²) in [5, 5.41) is 8.22. The van der Waals surface area contributed by atoms with E-state index in [1.54, 1.807) is 13.3 Å². The van der Waals surface area contributed by atoms with Gasteiger partial charge in [0, 0.05) is 22.8 Å². The lowest BCUT2D eigenvalue weighted by atomic mass is 10.1. The third-order valence-electron chi connectivity index (χ3n) is 4.54. The topological polar surface area (TPSA) is 73.1 Å². The van der Waals surface area contributed by atoms with E-state index in [1.807, 2.05) is 60.7 Å². The van der Waals surface area contributed by atoms with Crippen molar-refractivity contribution < 1.29 is 9.26 Å². The highest BCUT2D eigenvalue weighted by Crippen LogP contribution is 2.30. The fourth-order valence-corrected chi connectivity index (χ4v) is 3.05. The number of aromatic nitrogens is 3. The number of pyridine rings is 1. The van der Waals surface area contributed by atoms with Crippen LogP contribution in [0, 0.1) is 0 Å². The summed E-state index contributed by atoms with van der Waals surface area (Å²) in [7, 11) is 1.63. The minimum Gasteiger partial charge on any atom is -0.497 e. The van der Waals surface area contributed by atoms with E-state index in [2.05, 4.69) is 27.4 Å². The molecule has 0 fully saturated rings. The summed E-state index contributed by atoms with van der Waals surface area (Å²) < 4.78 is 10.7. The summed E-state index contributed by atoms with van der Waals surface area (Å²) >= 11 is 5.98. The Morgan fingerprint density at radius 3 is 2.52 bits per heavy atom. The van der Waals surface area contributed by atoms with E-state index in [1.165, 1.54) is 0 Å². The molecule has 4 rings (SSSR count). The van der Waals surface area contributed by atoms with Gasteiger partial charge in [-0.3, -0.25) is 0 Å². The second kappa shape index (κ2) is 8.32. The molecule has 4 aromatic rings. The van der Waals surface area contributed by atoms with E-state index in [-0.39, 0.29) is 6.04 Å². The van der Waals surface area contributed by atoms with Gasteiger partial charge in [0.25, 0.3) is 5.89 Å². The molecule has 0 saturated heterocycles. The molecule has 0 unspecified atom stereocenters. The monoisotopic (exact) mass is 406 g/mol. The molecule has 0 spiro atoms. The summed E-state index contributed by atoms with van der Waals surface area (Å²) in [5.74, 6) is 2.34. The first-order chi connectivity index (χ1) is 14.1. The zero-order chi connectivity index (χ0) is 20.2. The van der Waals surface area contributed by atoms with Crippen molar-refractivity contribution in [1.82, 2.24) is 15.1 Å². The highest BCUT2D eigenvalue weighted by molar-refractivity contribution is 6.30. The molecule has 0 amide bonds. The summed E-state index contributed by atoms with van der Waals surface area (Å²) in [4.78, 5) is 9.00. The van der Waals surface area contributed by atoms with Crippen molar-refractivity contribution >= 4 is 17.4 Å². The van der Waals surface area contributed by atoms with Gasteiger partial charge in [0.2, 0.25) is 5.82 Å². The number of hydrogen-bond donors (Lipinski definition) is 1. The minimum atomic E-state index is 0.0184. The lowest BCUT2D eigenvalue weighted by Crippen LogP contribution is -2.08. The van der Waals surface area contributed by atoms with E-state index in [4.69, 9.17) is 20.9 Å². The van der Waals surface area contributed by atoms with Gasteiger partial charge in [-0.15, -0.1) is 0 Å². The first-order valence-corrected chi connectivity index (χ1v) is 9.47. The van der Waals surface area contributed by atoms with Crippen molar-refractivity contribution in [3.8, 4) is 28.6 Å². The van der Waals surface area contributed by atoms with E-state index in [9.17, 15) is 0 Å². The first-order valence-electron chi connectivity index (χ1n) is 9.09. The van der Waals surface area contributed by atoms with Crippen LogP contribution in [0.4, 0.5) is 5.82 Å². The number of nitrogens with zero attached hydrogens (tertiary/aromatic N) is 3. The van der Waals surface area contributed by atoms with Crippen molar-refractivity contribution in [2.24, 2.45) is 0 Å². The number of nitrogens with one attached hydrogen (secondary N) is 1. The number of halogens is 1. The van der Waals surface area contributed by atoms with Crippen LogP contribution in [0.3, 0.4) is 0 Å². The summed E-state index contributed by atoms with van der Waals surface area (Å²) in [6, 6.07) is 18.9. The second-order valence-corrected chi connectivity index (χ2v) is 6.91. The maximum atomic E-state index is 5.98. The van der Waals surface area contributed by atoms with Gasteiger partial charge >= 0.3 is 0 Å². The summed E-state index contributed by atoms with van der Waals surface area (Å²) in [6.07, 6.45) is 1.72. The second-order valence-electron chi connectivity index (χ2n) is 6.47. The van der Waals surface area contributed by atoms with Crippen LogP contribution in [0.15, 0.2) is 71.4 Å². The molecule has 0 aliphatic rings. The fraction of sp³-hybridized carbons (Fsp3) is 0.136. The molecule has 1 N–H and O–H groups in total. The summed E-state index contributed by atoms with van der Waals surface area (Å²) in [6.45, 7) is 2.05. The molecule has 29 heavy (non-hydrogen) atoms. The Labute approximate surface area is 173 Å². The van der Waals surface area contributed by atoms with Gasteiger partial charge in [-0.25, -0.2) is 4.98 Å². The average molecular weight is 407 g/mol. The highest BCUT2D eigenvalue weighted by Gasteiger charge is 2.17. The van der Waals surface area contributed by atoms with Crippen LogP contribution < -0.4 is 10.1 Å². The fourth-order valence-electron chi connectivity index (χ4n) is 2.92. The Kier molecular flexibility index (Phi) is 5.44. The van der Waals surface area contributed by atoms with Crippen molar-refractivity contribution in [2.45, 2.75) is 13.0 Å². The number of hydrogen-bond acceptors (Lipinski definition) is 6. The van der Waals surface area contributed by atoms with E-state index in [0.717, 1.165) is 22.4 Å². The zero-order valence-corrected chi connectivity index (χ0v) is 16.7. The van der Waals surface area contributed by atoms with Crippen molar-refractivity contribution in [3.05, 3.63) is 77.4 Å². The van der Waals surface area contributed by atoms with Crippen LogP contribution in [0.25, 0.3) is 22.8 Å². The van der Waals surface area contributed by atoms with Crippen molar-refractivity contribution in [3.63, 3.8) is 0 Å². The maximum Gasteiger partial charge on any atom is 0.261 e. The lowest BCUT2D eigenvalue weighted by Gasteiger charge is -2.16. The molecule has 0 radical (unpaired) electrons. The smallest absolute Gasteiger partial charge is 0.261 e. The average Bonchev–Trinajstić information content (AvgIpc) is 3.25. The van der Waals surface area contributed by atoms with Gasteiger partial charge < -0.3 is 14.6 Å². The van der Waals surface area contributed by atoms with Crippen molar-refractivity contribution in [2.75, 3.05) is 12.4 Å². The minimum absolute atomic E-state index is 0.0184. The van der Waals surface area contributed by atoms with Gasteiger partial charge in [-0.2, -0.15) is 4.98 Å². The van der Waals surface area contributed by atoms with Gasteiger partial charge in [0.15, 0.2) is 0 Å². The normalized spacial score (nSPS) is 11.8. The molecule has 146 valence electrons. The van der Waals surface area contributed by atoms with Crippen LogP contribution >= 0.6 is 11.6 Å². The summed E-state index contributed by atoms with van der Waals surface area (Å²) in [5.41, 5.74) is 2.67. The third kappa shape index (κ3) is 4.22. The molecule has 2 aromatic carbocycles. The van der Waals surface area contributed by atoms with Gasteiger partial charge in [-0.05, 0) is 61.0 Å². The van der Waals surface area contributed by atoms with Gasteiger partial charge in [0.05, 0.1) is 12.7 Å². The number of methoxy groups -OCH3 is 1. The molecule has 2 aromatic heterocycles. The maximum absolute atomic E-state index is 5.98. The number of ether oxygens (including phenoxy) is 1. The molecule has 0 aliphatic heterocycles.